The van der Waals surface area contributed by atoms with Crippen molar-refractivity contribution in [3.8, 4) is 0 Å². The zero-order chi connectivity index (χ0) is 14.9. The normalized spacial score (nSPS) is 14.1. The number of hydrogen-bond donors (Lipinski definition) is 2. The molecule has 4 N–H and O–H groups in total. The quantitative estimate of drug-likeness (QED) is 0.799. The first kappa shape index (κ1) is 15.7. The molecule has 2 rings (SSSR count). The van der Waals surface area contributed by atoms with Gasteiger partial charge in [-0.2, -0.15) is 0 Å². The Bertz CT molecular complexity index is 570. The minimum Gasteiger partial charge on any atom is -0.322 e. The van der Waals surface area contributed by atoms with Gasteiger partial charge in [0.2, 0.25) is 0 Å². The van der Waals surface area contributed by atoms with Crippen molar-refractivity contribution in [2.24, 2.45) is 11.5 Å². The summed E-state index contributed by atoms with van der Waals surface area (Å²) < 4.78 is 2.11. The fourth-order valence-corrected chi connectivity index (χ4v) is 3.36. The van der Waals surface area contributed by atoms with E-state index in [0.717, 1.165) is 31.2 Å². The monoisotopic (exact) mass is 396 g/mol. The number of benzene rings is 2. The van der Waals surface area contributed by atoms with Gasteiger partial charge in [-0.15, -0.1) is 0 Å². The van der Waals surface area contributed by atoms with E-state index in [4.69, 9.17) is 11.5 Å². The zero-order valence-electron chi connectivity index (χ0n) is 11.5. The molecule has 0 heterocycles. The topological polar surface area (TPSA) is 52.0 Å². The molecule has 0 aliphatic carbocycles. The molecular weight excluding hydrogens is 380 g/mol. The van der Waals surface area contributed by atoms with Gasteiger partial charge in [0.25, 0.3) is 0 Å². The summed E-state index contributed by atoms with van der Waals surface area (Å²) in [7, 11) is 0. The first-order valence-corrected chi connectivity index (χ1v) is 8.02. The maximum absolute atomic E-state index is 6.38. The fraction of sp³-hybridized carbons (Fsp3) is 0.250. The van der Waals surface area contributed by atoms with Crippen LogP contribution < -0.4 is 11.5 Å². The van der Waals surface area contributed by atoms with Crippen molar-refractivity contribution in [2.75, 3.05) is 0 Å². The van der Waals surface area contributed by atoms with E-state index < -0.39 is 0 Å². The van der Waals surface area contributed by atoms with E-state index in [2.05, 4.69) is 57.8 Å². The van der Waals surface area contributed by atoms with Gasteiger partial charge in [0.05, 0.1) is 0 Å². The van der Waals surface area contributed by atoms with Gasteiger partial charge in [0, 0.05) is 21.0 Å². The van der Waals surface area contributed by atoms with Crippen LogP contribution in [-0.4, -0.2) is 0 Å². The summed E-state index contributed by atoms with van der Waals surface area (Å²) in [4.78, 5) is 0. The highest BCUT2D eigenvalue weighted by Gasteiger charge is 2.20. The molecule has 2 aromatic rings. The molecule has 0 amide bonds. The number of aryl methyl sites for hydroxylation is 2. The Labute approximate surface area is 136 Å². The van der Waals surface area contributed by atoms with E-state index in [1.807, 2.05) is 24.3 Å². The minimum absolute atomic E-state index is 0.219. The van der Waals surface area contributed by atoms with Crippen LogP contribution in [0.1, 0.15) is 34.3 Å². The average molecular weight is 398 g/mol. The van der Waals surface area contributed by atoms with Crippen molar-refractivity contribution in [3.05, 3.63) is 67.6 Å². The molecule has 0 bridgehead atoms. The Morgan fingerprint density at radius 2 is 1.10 bits per heavy atom. The summed E-state index contributed by atoms with van der Waals surface area (Å²) in [5, 5.41) is 0. The van der Waals surface area contributed by atoms with Crippen molar-refractivity contribution in [3.63, 3.8) is 0 Å². The SMILES string of the molecule is Cc1cc(Br)ccc1C(N)C(N)c1ccc(Br)cc1C. The lowest BCUT2D eigenvalue weighted by molar-refractivity contribution is 0.569. The molecule has 106 valence electrons. The van der Waals surface area contributed by atoms with Crippen molar-refractivity contribution >= 4 is 31.9 Å². The van der Waals surface area contributed by atoms with Crippen LogP contribution in [0, 0.1) is 13.8 Å². The van der Waals surface area contributed by atoms with E-state index >= 15 is 0 Å². The van der Waals surface area contributed by atoms with Gasteiger partial charge in [0.1, 0.15) is 0 Å². The summed E-state index contributed by atoms with van der Waals surface area (Å²) >= 11 is 6.94. The number of nitrogens with two attached hydrogens (primary N) is 2. The summed E-state index contributed by atoms with van der Waals surface area (Å²) in [5.74, 6) is 0. The van der Waals surface area contributed by atoms with Gasteiger partial charge in [0.15, 0.2) is 0 Å². The second-order valence-electron chi connectivity index (χ2n) is 5.05. The van der Waals surface area contributed by atoms with Gasteiger partial charge in [-0.25, -0.2) is 0 Å². The molecule has 0 aliphatic rings. The Hall–Kier alpha value is -0.680. The summed E-state index contributed by atoms with van der Waals surface area (Å²) in [6.45, 7) is 4.11. The van der Waals surface area contributed by atoms with Crippen LogP contribution in [0.5, 0.6) is 0 Å². The molecule has 0 saturated carbocycles. The molecule has 0 fully saturated rings. The highest BCUT2D eigenvalue weighted by Crippen LogP contribution is 2.30. The second kappa shape index (κ2) is 6.39. The molecule has 2 atom stereocenters. The standard InChI is InChI=1S/C16H18Br2N2/c1-9-7-11(17)3-5-13(9)15(19)16(20)14-6-4-12(18)8-10(14)2/h3-8,15-16H,19-20H2,1-2H3. The second-order valence-corrected chi connectivity index (χ2v) is 6.88. The van der Waals surface area contributed by atoms with Crippen LogP contribution in [-0.2, 0) is 0 Å². The molecule has 0 saturated heterocycles. The molecule has 20 heavy (non-hydrogen) atoms. The van der Waals surface area contributed by atoms with Crippen LogP contribution in [0.15, 0.2) is 45.3 Å². The largest absolute Gasteiger partial charge is 0.322 e. The van der Waals surface area contributed by atoms with Crippen molar-refractivity contribution in [2.45, 2.75) is 25.9 Å². The third kappa shape index (κ3) is 3.31. The van der Waals surface area contributed by atoms with Crippen molar-refractivity contribution in [1.82, 2.24) is 0 Å². The summed E-state index contributed by atoms with van der Waals surface area (Å²) in [6, 6.07) is 11.8. The minimum atomic E-state index is -0.219. The molecule has 0 aromatic heterocycles. The molecule has 0 spiro atoms. The molecule has 2 aromatic carbocycles. The van der Waals surface area contributed by atoms with Crippen LogP contribution >= 0.6 is 31.9 Å². The van der Waals surface area contributed by atoms with Gasteiger partial charge >= 0.3 is 0 Å². The molecule has 2 unspecified atom stereocenters. The van der Waals surface area contributed by atoms with Crippen LogP contribution in [0.4, 0.5) is 0 Å². The van der Waals surface area contributed by atoms with Gasteiger partial charge in [-0.1, -0.05) is 44.0 Å². The Morgan fingerprint density at radius 1 is 0.750 bits per heavy atom. The first-order chi connectivity index (χ1) is 9.40. The maximum Gasteiger partial charge on any atom is 0.0493 e. The Morgan fingerprint density at radius 3 is 1.40 bits per heavy atom. The number of halogens is 2. The lowest BCUT2D eigenvalue weighted by Crippen LogP contribution is -2.27. The number of rotatable bonds is 3. The van der Waals surface area contributed by atoms with Gasteiger partial charge in [-0.05, 0) is 60.4 Å². The first-order valence-electron chi connectivity index (χ1n) is 6.43. The number of hydrogen-bond acceptors (Lipinski definition) is 2. The van der Waals surface area contributed by atoms with E-state index in [1.54, 1.807) is 0 Å². The summed E-state index contributed by atoms with van der Waals surface area (Å²) in [6.07, 6.45) is 0. The third-order valence-electron chi connectivity index (χ3n) is 3.57. The van der Waals surface area contributed by atoms with Crippen molar-refractivity contribution < 1.29 is 0 Å². The van der Waals surface area contributed by atoms with E-state index in [0.29, 0.717) is 0 Å². The lowest BCUT2D eigenvalue weighted by Gasteiger charge is -2.24. The predicted molar refractivity (Wildman–Crippen MR) is 91.6 cm³/mol. The predicted octanol–water partition coefficient (Wildman–Crippen LogP) is 4.53. The average Bonchev–Trinajstić information content (AvgIpc) is 2.37. The van der Waals surface area contributed by atoms with Crippen LogP contribution in [0.25, 0.3) is 0 Å². The van der Waals surface area contributed by atoms with Crippen molar-refractivity contribution in [1.29, 1.82) is 0 Å². The Kier molecular flexibility index (Phi) is 5.02. The smallest absolute Gasteiger partial charge is 0.0493 e. The molecule has 4 heteroatoms. The summed E-state index contributed by atoms with van der Waals surface area (Å²) in [5.41, 5.74) is 17.2. The van der Waals surface area contributed by atoms with Crippen LogP contribution in [0.2, 0.25) is 0 Å². The molecular formula is C16H18Br2N2. The molecule has 0 aliphatic heterocycles. The highest BCUT2D eigenvalue weighted by molar-refractivity contribution is 9.10. The fourth-order valence-electron chi connectivity index (χ4n) is 2.41. The molecule has 0 radical (unpaired) electrons. The molecule has 2 nitrogen and oxygen atoms in total. The zero-order valence-corrected chi connectivity index (χ0v) is 14.7. The van der Waals surface area contributed by atoms with Gasteiger partial charge in [-0.3, -0.25) is 0 Å². The third-order valence-corrected chi connectivity index (χ3v) is 4.56. The maximum atomic E-state index is 6.38. The van der Waals surface area contributed by atoms with E-state index in [-0.39, 0.29) is 12.1 Å². The lowest BCUT2D eigenvalue weighted by atomic mass is 9.90. The Balaban J connectivity index is 2.34. The van der Waals surface area contributed by atoms with Crippen LogP contribution in [0.3, 0.4) is 0 Å². The van der Waals surface area contributed by atoms with E-state index in [1.165, 1.54) is 0 Å². The van der Waals surface area contributed by atoms with Gasteiger partial charge < -0.3 is 11.5 Å². The van der Waals surface area contributed by atoms with E-state index in [9.17, 15) is 0 Å². The highest BCUT2D eigenvalue weighted by atomic mass is 79.9.